The first kappa shape index (κ1) is 33.1. The first-order valence-electron chi connectivity index (χ1n) is 16.4. The van der Waals surface area contributed by atoms with Crippen molar-refractivity contribution in [3.63, 3.8) is 0 Å². The molecule has 3 heterocycles. The van der Waals surface area contributed by atoms with E-state index in [9.17, 15) is 31.6 Å². The smallest absolute Gasteiger partial charge is 0.309 e. The number of hydrogen-bond donors (Lipinski definition) is 0. The number of pyridine rings is 1. The standard InChI is InChI=1S/C42H28F6N4/c1-22-5-9-30-32-11-7-28(41(43,44)45)18-39(32)51(36(30)13-22)35-20-34(26-15-24(3)50-25(4)16-26)38(17-27(35)21-49)52-37-14-23(2)6-10-31(37)33-12-8-29(19-40(33)52)42(46,47)48/h5-20H,1-4H3. The fourth-order valence-electron chi connectivity index (χ4n) is 7.39. The van der Waals surface area contributed by atoms with Gasteiger partial charge in [-0.2, -0.15) is 31.6 Å². The summed E-state index contributed by atoms with van der Waals surface area (Å²) in [5.74, 6) is 0. The molecule has 10 heteroatoms. The molecule has 4 nitrogen and oxygen atoms in total. The second-order valence-corrected chi connectivity index (χ2v) is 13.3. The third kappa shape index (κ3) is 5.27. The van der Waals surface area contributed by atoms with Gasteiger partial charge in [-0.1, -0.05) is 36.4 Å². The van der Waals surface area contributed by atoms with E-state index < -0.39 is 23.5 Å². The van der Waals surface area contributed by atoms with Gasteiger partial charge in [-0.3, -0.25) is 4.98 Å². The largest absolute Gasteiger partial charge is 0.416 e. The lowest BCUT2D eigenvalue weighted by molar-refractivity contribution is -0.138. The van der Waals surface area contributed by atoms with Gasteiger partial charge in [0.1, 0.15) is 6.07 Å². The molecule has 0 bridgehead atoms. The van der Waals surface area contributed by atoms with Crippen molar-refractivity contribution in [1.29, 1.82) is 5.26 Å². The lowest BCUT2D eigenvalue weighted by Crippen LogP contribution is -2.07. The van der Waals surface area contributed by atoms with E-state index >= 15 is 0 Å². The average Bonchev–Trinajstić information content (AvgIpc) is 3.57. The predicted octanol–water partition coefficient (Wildman–Crippen LogP) is 12.1. The number of benzene rings is 5. The van der Waals surface area contributed by atoms with E-state index in [1.54, 1.807) is 21.3 Å². The molecule has 8 aromatic rings. The Morgan fingerprint density at radius 1 is 0.519 bits per heavy atom. The molecule has 0 fully saturated rings. The zero-order chi connectivity index (χ0) is 36.9. The number of alkyl halides is 6. The van der Waals surface area contributed by atoms with Gasteiger partial charge in [0.2, 0.25) is 0 Å². The van der Waals surface area contributed by atoms with Crippen LogP contribution in [0.2, 0.25) is 0 Å². The monoisotopic (exact) mass is 702 g/mol. The molecule has 0 unspecified atom stereocenters. The Bertz CT molecular complexity index is 2810. The number of fused-ring (bicyclic) bond motifs is 6. The molecule has 8 rings (SSSR count). The molecule has 0 spiro atoms. The minimum atomic E-state index is -4.62. The number of hydrogen-bond acceptors (Lipinski definition) is 2. The summed E-state index contributed by atoms with van der Waals surface area (Å²) in [5.41, 5.74) is 5.35. The maximum atomic E-state index is 14.2. The molecule has 0 saturated carbocycles. The fourth-order valence-corrected chi connectivity index (χ4v) is 7.39. The summed E-state index contributed by atoms with van der Waals surface area (Å²) in [6.45, 7) is 7.43. The lowest BCUT2D eigenvalue weighted by Gasteiger charge is -2.20. The number of nitrogens with zero attached hydrogens (tertiary/aromatic N) is 4. The van der Waals surface area contributed by atoms with E-state index in [1.165, 1.54) is 12.1 Å². The van der Waals surface area contributed by atoms with E-state index in [2.05, 4.69) is 11.1 Å². The Hall–Kier alpha value is -6.08. The van der Waals surface area contributed by atoms with Crippen LogP contribution in [0.3, 0.4) is 0 Å². The quantitative estimate of drug-likeness (QED) is 0.172. The normalized spacial score (nSPS) is 12.4. The maximum Gasteiger partial charge on any atom is 0.416 e. The Balaban J connectivity index is 1.56. The van der Waals surface area contributed by atoms with E-state index in [0.29, 0.717) is 61.1 Å². The molecule has 0 saturated heterocycles. The molecule has 258 valence electrons. The van der Waals surface area contributed by atoms with Gasteiger partial charge in [-0.05, 0) is 105 Å². The van der Waals surface area contributed by atoms with Gasteiger partial charge in [0, 0.05) is 38.5 Å². The summed E-state index contributed by atoms with van der Waals surface area (Å²) in [7, 11) is 0. The molecule has 0 aliphatic rings. The molecule has 0 N–H and O–H groups in total. The van der Waals surface area contributed by atoms with Crippen molar-refractivity contribution in [3.8, 4) is 28.6 Å². The van der Waals surface area contributed by atoms with E-state index in [-0.39, 0.29) is 16.6 Å². The highest BCUT2D eigenvalue weighted by molar-refractivity contribution is 6.11. The highest BCUT2D eigenvalue weighted by Gasteiger charge is 2.33. The Morgan fingerprint density at radius 2 is 0.942 bits per heavy atom. The Morgan fingerprint density at radius 3 is 1.38 bits per heavy atom. The second kappa shape index (κ2) is 11.5. The van der Waals surface area contributed by atoms with Gasteiger partial charge >= 0.3 is 12.4 Å². The molecule has 52 heavy (non-hydrogen) atoms. The Kier molecular flexibility index (Phi) is 7.30. The number of rotatable bonds is 3. The SMILES string of the molecule is Cc1ccc2c3ccc(C(F)(F)F)cc3n(-c3cc(-c4cc(C)nc(C)c4)c(-n4c5cc(C)ccc5c5ccc(C(F)(F)F)cc54)cc3C#N)c2c1. The topological polar surface area (TPSA) is 46.5 Å². The first-order valence-corrected chi connectivity index (χ1v) is 16.4. The lowest BCUT2D eigenvalue weighted by atomic mass is 9.98. The molecule has 0 aliphatic carbocycles. The fraction of sp³-hybridized carbons (Fsp3) is 0.143. The number of aromatic nitrogens is 3. The van der Waals surface area contributed by atoms with Crippen molar-refractivity contribution in [2.75, 3.05) is 0 Å². The van der Waals surface area contributed by atoms with Crippen LogP contribution in [0.15, 0.2) is 97.1 Å². The summed E-state index contributed by atoms with van der Waals surface area (Å²) in [6, 6.07) is 27.8. The van der Waals surface area contributed by atoms with Gasteiger partial charge in [-0.15, -0.1) is 0 Å². The number of nitriles is 1. The molecule has 3 aromatic heterocycles. The van der Waals surface area contributed by atoms with Crippen LogP contribution in [0.1, 0.15) is 39.2 Å². The van der Waals surface area contributed by atoms with Crippen molar-refractivity contribution < 1.29 is 26.3 Å². The van der Waals surface area contributed by atoms with Crippen LogP contribution in [0, 0.1) is 39.0 Å². The molecule has 0 radical (unpaired) electrons. The van der Waals surface area contributed by atoms with E-state index in [1.807, 2.05) is 76.2 Å². The molecule has 5 aromatic carbocycles. The van der Waals surface area contributed by atoms with Crippen LogP contribution in [-0.2, 0) is 12.4 Å². The molecule has 0 atom stereocenters. The van der Waals surface area contributed by atoms with Crippen molar-refractivity contribution in [1.82, 2.24) is 14.1 Å². The summed E-state index contributed by atoms with van der Waals surface area (Å²) in [5, 5.41) is 13.4. The van der Waals surface area contributed by atoms with Crippen LogP contribution in [0.25, 0.3) is 66.1 Å². The van der Waals surface area contributed by atoms with Crippen LogP contribution in [-0.4, -0.2) is 14.1 Å². The van der Waals surface area contributed by atoms with Crippen molar-refractivity contribution >= 4 is 43.6 Å². The molecule has 0 aliphatic heterocycles. The van der Waals surface area contributed by atoms with Gasteiger partial charge < -0.3 is 9.13 Å². The Labute approximate surface area is 293 Å². The van der Waals surface area contributed by atoms with Gasteiger partial charge in [0.05, 0.1) is 50.1 Å². The zero-order valence-electron chi connectivity index (χ0n) is 28.3. The minimum Gasteiger partial charge on any atom is -0.309 e. The van der Waals surface area contributed by atoms with E-state index in [4.69, 9.17) is 0 Å². The predicted molar refractivity (Wildman–Crippen MR) is 192 cm³/mol. The molecular weight excluding hydrogens is 674 g/mol. The maximum absolute atomic E-state index is 14.2. The minimum absolute atomic E-state index is 0.119. The summed E-state index contributed by atoms with van der Waals surface area (Å²) in [6.07, 6.45) is -9.23. The average molecular weight is 703 g/mol. The summed E-state index contributed by atoms with van der Waals surface area (Å²) in [4.78, 5) is 4.54. The first-order chi connectivity index (χ1) is 24.6. The third-order valence-corrected chi connectivity index (χ3v) is 9.61. The van der Waals surface area contributed by atoms with Crippen molar-refractivity contribution in [3.05, 3.63) is 136 Å². The van der Waals surface area contributed by atoms with Gasteiger partial charge in [0.25, 0.3) is 0 Å². The van der Waals surface area contributed by atoms with Crippen molar-refractivity contribution in [2.45, 2.75) is 40.0 Å². The third-order valence-electron chi connectivity index (χ3n) is 9.61. The highest BCUT2D eigenvalue weighted by Crippen LogP contribution is 2.43. The zero-order valence-corrected chi connectivity index (χ0v) is 28.3. The highest BCUT2D eigenvalue weighted by atomic mass is 19.4. The number of aryl methyl sites for hydroxylation is 4. The number of halogens is 6. The van der Waals surface area contributed by atoms with Crippen LogP contribution < -0.4 is 0 Å². The van der Waals surface area contributed by atoms with E-state index in [0.717, 1.165) is 40.8 Å². The molecule has 0 amide bonds. The summed E-state index contributed by atoms with van der Waals surface area (Å²) >= 11 is 0. The second-order valence-electron chi connectivity index (χ2n) is 13.3. The summed E-state index contributed by atoms with van der Waals surface area (Å²) < 4.78 is 88.4. The van der Waals surface area contributed by atoms with Crippen LogP contribution in [0.5, 0.6) is 0 Å². The van der Waals surface area contributed by atoms with Crippen molar-refractivity contribution in [2.24, 2.45) is 0 Å². The van der Waals surface area contributed by atoms with Crippen LogP contribution >= 0.6 is 0 Å². The van der Waals surface area contributed by atoms with Crippen LogP contribution in [0.4, 0.5) is 26.3 Å². The van der Waals surface area contributed by atoms with Gasteiger partial charge in [-0.25, -0.2) is 0 Å². The molecular formula is C42H28F6N4. The van der Waals surface area contributed by atoms with Gasteiger partial charge in [0.15, 0.2) is 0 Å².